The Bertz CT molecular complexity index is 1180. The Balaban J connectivity index is 1.40. The predicted molar refractivity (Wildman–Crippen MR) is 118 cm³/mol. The largest absolute Gasteiger partial charge is 0.348 e. The lowest BCUT2D eigenvalue weighted by atomic mass is 9.80. The summed E-state index contributed by atoms with van der Waals surface area (Å²) in [5, 5.41) is 9.01. The first kappa shape index (κ1) is 20.6. The number of aryl methyl sites for hydroxylation is 1. The number of carbonyl (C=O) groups is 2. The first-order valence-corrected chi connectivity index (χ1v) is 11.1. The number of hydrogen-bond acceptors (Lipinski definition) is 6. The quantitative estimate of drug-likeness (QED) is 0.679. The number of pyridine rings is 1. The zero-order valence-corrected chi connectivity index (χ0v) is 18.5. The molecule has 32 heavy (non-hydrogen) atoms. The molecule has 0 radical (unpaired) electrons. The van der Waals surface area contributed by atoms with E-state index in [0.717, 1.165) is 17.2 Å². The molecule has 1 saturated heterocycles. The minimum atomic E-state index is -0.435. The Morgan fingerprint density at radius 2 is 2.06 bits per heavy atom. The van der Waals surface area contributed by atoms with Gasteiger partial charge in [-0.15, -0.1) is 0 Å². The maximum absolute atomic E-state index is 13.2. The maximum Gasteiger partial charge on any atom is 0.270 e. The van der Waals surface area contributed by atoms with E-state index in [2.05, 4.69) is 20.4 Å². The lowest BCUT2D eigenvalue weighted by Gasteiger charge is -2.26. The summed E-state index contributed by atoms with van der Waals surface area (Å²) < 4.78 is 5.61. The fraction of sp³-hybridized carbons (Fsp3) is 0.458. The molecule has 1 N–H and O–H groups in total. The highest BCUT2D eigenvalue weighted by atomic mass is 16.5. The number of hydrogen-bond donors (Lipinski definition) is 1. The van der Waals surface area contributed by atoms with Gasteiger partial charge in [0, 0.05) is 36.6 Å². The molecule has 3 aromatic rings. The van der Waals surface area contributed by atoms with Gasteiger partial charge in [0.1, 0.15) is 5.69 Å². The minimum Gasteiger partial charge on any atom is -0.348 e. The van der Waals surface area contributed by atoms with Crippen molar-refractivity contribution in [1.82, 2.24) is 25.3 Å². The molecular formula is C24H27N5O3. The van der Waals surface area contributed by atoms with Crippen LogP contribution < -0.4 is 5.32 Å². The molecule has 8 heteroatoms. The zero-order chi connectivity index (χ0) is 22.5. The van der Waals surface area contributed by atoms with Crippen molar-refractivity contribution in [1.29, 1.82) is 0 Å². The number of fused-ring (bicyclic) bond motifs is 2. The van der Waals surface area contributed by atoms with Crippen molar-refractivity contribution in [2.24, 2.45) is 11.8 Å². The van der Waals surface area contributed by atoms with E-state index in [4.69, 9.17) is 4.52 Å². The van der Waals surface area contributed by atoms with Gasteiger partial charge in [0.05, 0.1) is 5.41 Å². The molecule has 2 fully saturated rings. The third kappa shape index (κ3) is 3.34. The average molecular weight is 434 g/mol. The standard InChI is InChI=1S/C24H27N5O3/c1-14(2)22(31)29-12-17-10-18(11-24(17,13-29)23-26-15(3)28-32-23)27-21(30)20-19-7-5-4-6-16(19)8-9-25-20/h4-9,14,17-18H,10-13H2,1-3H3,(H,27,30)/t17?,18-,24+/m1/s1. The molecule has 3 heterocycles. The second-order valence-corrected chi connectivity index (χ2v) is 9.36. The van der Waals surface area contributed by atoms with E-state index in [1.807, 2.05) is 49.1 Å². The number of amides is 2. The summed E-state index contributed by atoms with van der Waals surface area (Å²) in [4.78, 5) is 36.7. The molecule has 1 saturated carbocycles. The van der Waals surface area contributed by atoms with Gasteiger partial charge in [-0.1, -0.05) is 43.3 Å². The van der Waals surface area contributed by atoms with Crippen molar-refractivity contribution in [3.63, 3.8) is 0 Å². The van der Waals surface area contributed by atoms with Crippen LogP contribution in [-0.2, 0) is 10.2 Å². The molecular weight excluding hydrogens is 406 g/mol. The van der Waals surface area contributed by atoms with Crippen LogP contribution in [0.1, 0.15) is 48.9 Å². The second kappa shape index (κ2) is 7.69. The Kier molecular flexibility index (Phi) is 4.95. The lowest BCUT2D eigenvalue weighted by molar-refractivity contribution is -0.133. The Morgan fingerprint density at radius 1 is 1.25 bits per heavy atom. The van der Waals surface area contributed by atoms with Crippen LogP contribution in [-0.4, -0.2) is 51.0 Å². The summed E-state index contributed by atoms with van der Waals surface area (Å²) in [5.74, 6) is 1.18. The van der Waals surface area contributed by atoms with Gasteiger partial charge in [-0.2, -0.15) is 4.98 Å². The van der Waals surface area contributed by atoms with Gasteiger partial charge in [0.2, 0.25) is 11.8 Å². The molecule has 2 aliphatic rings. The van der Waals surface area contributed by atoms with Crippen molar-refractivity contribution in [2.75, 3.05) is 13.1 Å². The van der Waals surface area contributed by atoms with Crippen molar-refractivity contribution in [3.05, 3.63) is 53.9 Å². The summed E-state index contributed by atoms with van der Waals surface area (Å²) in [5.41, 5.74) is -0.00453. The van der Waals surface area contributed by atoms with Crippen LogP contribution in [0.15, 0.2) is 41.1 Å². The van der Waals surface area contributed by atoms with Gasteiger partial charge in [-0.05, 0) is 37.1 Å². The molecule has 1 aliphatic heterocycles. The SMILES string of the molecule is Cc1noc([C@]23C[C@H](NC(=O)c4nccc5ccccc45)CC2CN(C(=O)C(C)C)C3)n1. The van der Waals surface area contributed by atoms with Gasteiger partial charge in [-0.3, -0.25) is 14.6 Å². The Labute approximate surface area is 186 Å². The topological polar surface area (TPSA) is 101 Å². The van der Waals surface area contributed by atoms with Crippen molar-refractivity contribution >= 4 is 22.6 Å². The molecule has 3 atom stereocenters. The van der Waals surface area contributed by atoms with Crippen LogP contribution in [0, 0.1) is 18.8 Å². The lowest BCUT2D eigenvalue weighted by Crippen LogP contribution is -2.40. The molecule has 8 nitrogen and oxygen atoms in total. The normalized spacial score (nSPS) is 24.8. The molecule has 0 bridgehead atoms. The van der Waals surface area contributed by atoms with Crippen LogP contribution in [0.2, 0.25) is 0 Å². The second-order valence-electron chi connectivity index (χ2n) is 9.36. The molecule has 5 rings (SSSR count). The number of nitrogens with one attached hydrogen (secondary N) is 1. The van der Waals surface area contributed by atoms with E-state index in [9.17, 15) is 9.59 Å². The molecule has 1 aliphatic carbocycles. The third-order valence-corrected chi connectivity index (χ3v) is 6.86. The van der Waals surface area contributed by atoms with Crippen LogP contribution >= 0.6 is 0 Å². The number of benzene rings is 1. The van der Waals surface area contributed by atoms with Gasteiger partial charge in [-0.25, -0.2) is 0 Å². The highest BCUT2D eigenvalue weighted by Gasteiger charge is 2.58. The molecule has 0 spiro atoms. The highest BCUT2D eigenvalue weighted by Crippen LogP contribution is 2.50. The van der Waals surface area contributed by atoms with E-state index < -0.39 is 5.41 Å². The van der Waals surface area contributed by atoms with Crippen molar-refractivity contribution in [2.45, 2.75) is 45.1 Å². The smallest absolute Gasteiger partial charge is 0.270 e. The van der Waals surface area contributed by atoms with Crippen LogP contribution in [0.25, 0.3) is 10.8 Å². The van der Waals surface area contributed by atoms with E-state index >= 15 is 0 Å². The maximum atomic E-state index is 13.2. The first-order chi connectivity index (χ1) is 15.4. The molecule has 1 aromatic carbocycles. The van der Waals surface area contributed by atoms with Crippen LogP contribution in [0.5, 0.6) is 0 Å². The van der Waals surface area contributed by atoms with Crippen LogP contribution in [0.4, 0.5) is 0 Å². The summed E-state index contributed by atoms with van der Waals surface area (Å²) >= 11 is 0. The van der Waals surface area contributed by atoms with E-state index in [-0.39, 0.29) is 29.7 Å². The first-order valence-electron chi connectivity index (χ1n) is 11.1. The monoisotopic (exact) mass is 433 g/mol. The van der Waals surface area contributed by atoms with Gasteiger partial charge >= 0.3 is 0 Å². The fourth-order valence-electron chi connectivity index (χ4n) is 5.40. The molecule has 166 valence electrons. The van der Waals surface area contributed by atoms with Crippen LogP contribution in [0.3, 0.4) is 0 Å². The number of carbonyl (C=O) groups excluding carboxylic acids is 2. The summed E-state index contributed by atoms with van der Waals surface area (Å²) in [7, 11) is 0. The average Bonchev–Trinajstić information content (AvgIpc) is 3.45. The summed E-state index contributed by atoms with van der Waals surface area (Å²) in [6, 6.07) is 9.59. The van der Waals surface area contributed by atoms with E-state index in [1.165, 1.54) is 0 Å². The highest BCUT2D eigenvalue weighted by molar-refractivity contribution is 6.05. The summed E-state index contributed by atoms with van der Waals surface area (Å²) in [6.45, 7) is 6.80. The zero-order valence-electron chi connectivity index (χ0n) is 18.5. The van der Waals surface area contributed by atoms with Gasteiger partial charge < -0.3 is 14.7 Å². The van der Waals surface area contributed by atoms with Crippen molar-refractivity contribution in [3.8, 4) is 0 Å². The number of aromatic nitrogens is 3. The number of rotatable bonds is 4. The predicted octanol–water partition coefficient (Wildman–Crippen LogP) is 2.87. The number of nitrogens with zero attached hydrogens (tertiary/aromatic N) is 4. The fourth-order valence-corrected chi connectivity index (χ4v) is 5.40. The number of likely N-dealkylation sites (tertiary alicyclic amines) is 1. The minimum absolute atomic E-state index is 0.0585. The Morgan fingerprint density at radius 3 is 2.81 bits per heavy atom. The summed E-state index contributed by atoms with van der Waals surface area (Å²) in [6.07, 6.45) is 3.07. The van der Waals surface area contributed by atoms with E-state index in [0.29, 0.717) is 36.9 Å². The van der Waals surface area contributed by atoms with Crippen molar-refractivity contribution < 1.29 is 14.1 Å². The molecule has 2 amide bonds. The molecule has 2 aromatic heterocycles. The Hall–Kier alpha value is -3.29. The van der Waals surface area contributed by atoms with E-state index in [1.54, 1.807) is 13.1 Å². The third-order valence-electron chi connectivity index (χ3n) is 6.86. The molecule has 1 unspecified atom stereocenters. The van der Waals surface area contributed by atoms with Gasteiger partial charge in [0.25, 0.3) is 5.91 Å². The van der Waals surface area contributed by atoms with Gasteiger partial charge in [0.15, 0.2) is 5.82 Å².